The molecular formula is C11H21NO2S. The summed E-state index contributed by atoms with van der Waals surface area (Å²) in [7, 11) is 0. The van der Waals surface area contributed by atoms with Crippen molar-refractivity contribution in [1.82, 2.24) is 5.32 Å². The van der Waals surface area contributed by atoms with Gasteiger partial charge in [0.2, 0.25) is 0 Å². The zero-order valence-corrected chi connectivity index (χ0v) is 10.2. The van der Waals surface area contributed by atoms with Crippen LogP contribution >= 0.6 is 11.8 Å². The number of hydrogen-bond donors (Lipinski definition) is 2. The number of thioether (sulfide) groups is 1. The number of rotatable bonds is 7. The second-order valence-electron chi connectivity index (χ2n) is 4.01. The average Bonchev–Trinajstić information content (AvgIpc) is 2.69. The molecule has 3 nitrogen and oxygen atoms in total. The van der Waals surface area contributed by atoms with Gasteiger partial charge >= 0.3 is 5.97 Å². The van der Waals surface area contributed by atoms with Crippen LogP contribution in [0.4, 0.5) is 0 Å². The maximum atomic E-state index is 10.8. The van der Waals surface area contributed by atoms with Gasteiger partial charge < -0.3 is 10.4 Å². The summed E-state index contributed by atoms with van der Waals surface area (Å²) < 4.78 is 0. The molecule has 1 unspecified atom stereocenters. The maximum Gasteiger partial charge on any atom is 0.320 e. The van der Waals surface area contributed by atoms with Crippen LogP contribution in [0.5, 0.6) is 0 Å². The first-order valence-corrected chi connectivity index (χ1v) is 6.86. The van der Waals surface area contributed by atoms with Gasteiger partial charge in [-0.3, -0.25) is 4.79 Å². The van der Waals surface area contributed by atoms with Gasteiger partial charge in [-0.25, -0.2) is 0 Å². The van der Waals surface area contributed by atoms with E-state index in [0.29, 0.717) is 0 Å². The Morgan fingerprint density at radius 1 is 1.53 bits per heavy atom. The Bertz CT molecular complexity index is 193. The third kappa shape index (κ3) is 4.89. The first-order valence-electron chi connectivity index (χ1n) is 5.81. The van der Waals surface area contributed by atoms with Crippen molar-refractivity contribution in [2.24, 2.45) is 0 Å². The number of aliphatic carboxylic acids is 1. The van der Waals surface area contributed by atoms with Crippen molar-refractivity contribution in [1.29, 1.82) is 0 Å². The highest BCUT2D eigenvalue weighted by atomic mass is 32.2. The number of carboxylic acid groups (broad SMARTS) is 1. The summed E-state index contributed by atoms with van der Waals surface area (Å²) in [5, 5.41) is 12.7. The topological polar surface area (TPSA) is 49.3 Å². The third-order valence-corrected chi connectivity index (χ3v) is 4.23. The summed E-state index contributed by atoms with van der Waals surface area (Å²) in [6.45, 7) is 2.67. The molecule has 1 aliphatic rings. The summed E-state index contributed by atoms with van der Waals surface area (Å²) in [5.74, 6) is 0.248. The van der Waals surface area contributed by atoms with Gasteiger partial charge in [-0.1, -0.05) is 19.8 Å². The van der Waals surface area contributed by atoms with Crippen LogP contribution < -0.4 is 5.32 Å². The van der Waals surface area contributed by atoms with Crippen LogP contribution in [-0.4, -0.2) is 34.7 Å². The largest absolute Gasteiger partial charge is 0.480 e. The Kier molecular flexibility index (Phi) is 6.10. The van der Waals surface area contributed by atoms with E-state index in [0.717, 1.165) is 24.0 Å². The number of carboxylic acids is 1. The first kappa shape index (κ1) is 12.8. The molecule has 15 heavy (non-hydrogen) atoms. The second kappa shape index (κ2) is 7.12. The Morgan fingerprint density at radius 2 is 2.20 bits per heavy atom. The molecule has 0 aromatic rings. The highest BCUT2D eigenvalue weighted by Crippen LogP contribution is 2.29. The number of likely N-dealkylation sites (N-methyl/N-ethyl adjacent to an activating group) is 1. The molecule has 0 saturated heterocycles. The summed E-state index contributed by atoms with van der Waals surface area (Å²) in [4.78, 5) is 10.8. The Morgan fingerprint density at radius 3 is 2.73 bits per heavy atom. The van der Waals surface area contributed by atoms with E-state index in [1.165, 1.54) is 25.7 Å². The van der Waals surface area contributed by atoms with E-state index in [-0.39, 0.29) is 6.04 Å². The van der Waals surface area contributed by atoms with Crippen molar-refractivity contribution in [3.63, 3.8) is 0 Å². The minimum Gasteiger partial charge on any atom is -0.480 e. The Labute approximate surface area is 96.0 Å². The van der Waals surface area contributed by atoms with Gasteiger partial charge in [0, 0.05) is 5.25 Å². The van der Waals surface area contributed by atoms with Crippen molar-refractivity contribution >= 4 is 17.7 Å². The molecular weight excluding hydrogens is 210 g/mol. The van der Waals surface area contributed by atoms with Gasteiger partial charge in [0.15, 0.2) is 0 Å². The normalized spacial score (nSPS) is 19.3. The minimum absolute atomic E-state index is 0.357. The molecule has 0 aromatic carbocycles. The van der Waals surface area contributed by atoms with Crippen molar-refractivity contribution < 1.29 is 9.90 Å². The standard InChI is InChI=1S/C11H21NO2S/c1-2-12-10(11(13)14)7-8-15-9-5-3-4-6-9/h9-10,12H,2-8H2,1H3,(H,13,14). The molecule has 1 aliphatic carbocycles. The number of carbonyl (C=O) groups is 1. The zero-order valence-electron chi connectivity index (χ0n) is 9.37. The van der Waals surface area contributed by atoms with Crippen LogP contribution in [0.1, 0.15) is 39.0 Å². The summed E-state index contributed by atoms with van der Waals surface area (Å²) in [6, 6.07) is -0.357. The Balaban J connectivity index is 2.12. The van der Waals surface area contributed by atoms with Crippen LogP contribution in [0.2, 0.25) is 0 Å². The van der Waals surface area contributed by atoms with E-state index >= 15 is 0 Å². The van der Waals surface area contributed by atoms with E-state index in [2.05, 4.69) is 5.32 Å². The molecule has 0 amide bonds. The predicted molar refractivity (Wildman–Crippen MR) is 64.4 cm³/mol. The first-order chi connectivity index (χ1) is 7.24. The summed E-state index contributed by atoms with van der Waals surface area (Å²) >= 11 is 1.95. The molecule has 4 heteroatoms. The van der Waals surface area contributed by atoms with Gasteiger partial charge in [-0.15, -0.1) is 0 Å². The Hall–Kier alpha value is -0.220. The van der Waals surface area contributed by atoms with Gasteiger partial charge in [0.25, 0.3) is 0 Å². The molecule has 0 bridgehead atoms. The van der Waals surface area contributed by atoms with E-state index in [9.17, 15) is 4.79 Å². The summed E-state index contributed by atoms with van der Waals surface area (Å²) in [6.07, 6.45) is 6.10. The molecule has 1 saturated carbocycles. The average molecular weight is 231 g/mol. The van der Waals surface area contributed by atoms with Crippen LogP contribution in [0.3, 0.4) is 0 Å². The van der Waals surface area contributed by atoms with Crippen molar-refractivity contribution in [2.75, 3.05) is 12.3 Å². The summed E-state index contributed by atoms with van der Waals surface area (Å²) in [5.41, 5.74) is 0. The number of nitrogens with one attached hydrogen (secondary N) is 1. The highest BCUT2D eigenvalue weighted by Gasteiger charge is 2.18. The molecule has 1 atom stereocenters. The predicted octanol–water partition coefficient (Wildman–Crippen LogP) is 2.12. The zero-order chi connectivity index (χ0) is 11.1. The molecule has 2 N–H and O–H groups in total. The van der Waals surface area contributed by atoms with Crippen LogP contribution in [0.15, 0.2) is 0 Å². The molecule has 1 fully saturated rings. The fourth-order valence-corrected chi connectivity index (χ4v) is 3.34. The van der Waals surface area contributed by atoms with E-state index in [1.54, 1.807) is 0 Å². The van der Waals surface area contributed by atoms with Crippen LogP contribution in [-0.2, 0) is 4.79 Å². The van der Waals surface area contributed by atoms with Gasteiger partial charge in [-0.05, 0) is 31.6 Å². The molecule has 0 aromatic heterocycles. The highest BCUT2D eigenvalue weighted by molar-refractivity contribution is 7.99. The van der Waals surface area contributed by atoms with E-state index in [4.69, 9.17) is 5.11 Å². The second-order valence-corrected chi connectivity index (χ2v) is 5.42. The van der Waals surface area contributed by atoms with Crippen LogP contribution in [0, 0.1) is 0 Å². The lowest BCUT2D eigenvalue weighted by Gasteiger charge is -2.14. The van der Waals surface area contributed by atoms with E-state index < -0.39 is 5.97 Å². The molecule has 0 spiro atoms. The van der Waals surface area contributed by atoms with Gasteiger partial charge in [0.1, 0.15) is 6.04 Å². The molecule has 88 valence electrons. The van der Waals surface area contributed by atoms with Gasteiger partial charge in [-0.2, -0.15) is 11.8 Å². The lowest BCUT2D eigenvalue weighted by atomic mass is 10.2. The van der Waals surface area contributed by atoms with Crippen LogP contribution in [0.25, 0.3) is 0 Å². The molecule has 0 heterocycles. The van der Waals surface area contributed by atoms with Crippen molar-refractivity contribution in [3.05, 3.63) is 0 Å². The SMILES string of the molecule is CCNC(CCSC1CCCC1)C(=O)O. The van der Waals surface area contributed by atoms with Crippen molar-refractivity contribution in [3.8, 4) is 0 Å². The number of hydrogen-bond acceptors (Lipinski definition) is 3. The third-order valence-electron chi connectivity index (χ3n) is 2.81. The van der Waals surface area contributed by atoms with Gasteiger partial charge in [0.05, 0.1) is 0 Å². The smallest absolute Gasteiger partial charge is 0.320 e. The monoisotopic (exact) mass is 231 g/mol. The fourth-order valence-electron chi connectivity index (χ4n) is 1.97. The maximum absolute atomic E-state index is 10.8. The lowest BCUT2D eigenvalue weighted by Crippen LogP contribution is -2.37. The minimum atomic E-state index is -0.719. The quantitative estimate of drug-likeness (QED) is 0.704. The lowest BCUT2D eigenvalue weighted by molar-refractivity contribution is -0.139. The molecule has 1 rings (SSSR count). The van der Waals surface area contributed by atoms with Crippen molar-refractivity contribution in [2.45, 2.75) is 50.3 Å². The molecule has 0 aliphatic heterocycles. The fraction of sp³-hybridized carbons (Fsp3) is 0.909. The van der Waals surface area contributed by atoms with E-state index in [1.807, 2.05) is 18.7 Å². The molecule has 0 radical (unpaired) electrons.